The van der Waals surface area contributed by atoms with Gasteiger partial charge in [-0.15, -0.1) is 10.2 Å². The molecule has 0 bridgehead atoms. The average molecular weight is 281 g/mol. The van der Waals surface area contributed by atoms with Gasteiger partial charge in [0.2, 0.25) is 4.96 Å². The highest BCUT2D eigenvalue weighted by molar-refractivity contribution is 7.16. The third kappa shape index (κ3) is 2.05. The fourth-order valence-corrected chi connectivity index (χ4v) is 3.32. The van der Waals surface area contributed by atoms with Gasteiger partial charge < -0.3 is 10.5 Å². The van der Waals surface area contributed by atoms with E-state index in [4.69, 9.17) is 15.6 Å². The summed E-state index contributed by atoms with van der Waals surface area (Å²) in [5.41, 5.74) is 5.83. The molecule has 0 spiro atoms. The zero-order valence-electron chi connectivity index (χ0n) is 11.3. The van der Waals surface area contributed by atoms with E-state index in [1.165, 1.54) is 0 Å². The Bertz CT molecular complexity index is 568. The van der Waals surface area contributed by atoms with E-state index in [2.05, 4.69) is 24.0 Å². The third-order valence-electron chi connectivity index (χ3n) is 4.06. The van der Waals surface area contributed by atoms with Crippen molar-refractivity contribution in [2.45, 2.75) is 38.0 Å². The van der Waals surface area contributed by atoms with Crippen molar-refractivity contribution < 1.29 is 4.74 Å². The van der Waals surface area contributed by atoms with Crippen molar-refractivity contribution in [1.82, 2.24) is 19.8 Å². The van der Waals surface area contributed by atoms with Gasteiger partial charge in [-0.1, -0.05) is 25.2 Å². The van der Waals surface area contributed by atoms with Gasteiger partial charge in [-0.3, -0.25) is 0 Å². The van der Waals surface area contributed by atoms with Gasteiger partial charge in [0.25, 0.3) is 0 Å². The van der Waals surface area contributed by atoms with Crippen LogP contribution in [0.5, 0.6) is 0 Å². The smallest absolute Gasteiger partial charge is 0.234 e. The van der Waals surface area contributed by atoms with Crippen molar-refractivity contribution in [3.05, 3.63) is 10.8 Å². The van der Waals surface area contributed by atoms with E-state index < -0.39 is 0 Å². The second-order valence-electron chi connectivity index (χ2n) is 5.34. The van der Waals surface area contributed by atoms with Crippen LogP contribution in [0.15, 0.2) is 0 Å². The molecule has 1 aliphatic heterocycles. The van der Waals surface area contributed by atoms with Crippen LogP contribution in [0.1, 0.15) is 43.4 Å². The van der Waals surface area contributed by atoms with Crippen LogP contribution in [0.2, 0.25) is 0 Å². The van der Waals surface area contributed by atoms with E-state index >= 15 is 0 Å². The minimum Gasteiger partial charge on any atom is -0.381 e. The molecule has 2 N–H and O–H groups in total. The van der Waals surface area contributed by atoms with Crippen molar-refractivity contribution in [3.63, 3.8) is 0 Å². The number of rotatable bonds is 4. The molecule has 0 amide bonds. The molecular formula is C12H19N5OS. The topological polar surface area (TPSA) is 78.3 Å². The molecule has 2 aromatic heterocycles. The number of fused-ring (bicyclic) bond motifs is 1. The first-order chi connectivity index (χ1) is 9.18. The van der Waals surface area contributed by atoms with Crippen molar-refractivity contribution in [1.29, 1.82) is 0 Å². The number of nitrogens with two attached hydrogens (primary N) is 1. The SMILES string of the molecule is CCC(C)(CN)c1nn2c(C3CCOC3)nnc2s1. The van der Waals surface area contributed by atoms with Crippen molar-refractivity contribution >= 4 is 16.3 Å². The summed E-state index contributed by atoms with van der Waals surface area (Å²) >= 11 is 1.59. The van der Waals surface area contributed by atoms with Crippen molar-refractivity contribution in [2.24, 2.45) is 5.73 Å². The quantitative estimate of drug-likeness (QED) is 0.914. The number of ether oxygens (including phenoxy) is 1. The molecule has 3 rings (SSSR count). The summed E-state index contributed by atoms with van der Waals surface area (Å²) in [4.78, 5) is 0.852. The summed E-state index contributed by atoms with van der Waals surface area (Å²) in [7, 11) is 0. The number of hydrogen-bond donors (Lipinski definition) is 1. The standard InChI is InChI=1S/C12H19N5OS/c1-3-12(2,7-13)10-16-17-9(8-4-5-18-6-8)14-15-11(17)19-10/h8H,3-7,13H2,1-2H3. The Morgan fingerprint density at radius 1 is 1.53 bits per heavy atom. The summed E-state index contributed by atoms with van der Waals surface area (Å²) in [6, 6.07) is 0. The second-order valence-corrected chi connectivity index (χ2v) is 6.29. The van der Waals surface area contributed by atoms with Crippen LogP contribution in [0.3, 0.4) is 0 Å². The normalized spacial score (nSPS) is 23.0. The Kier molecular flexibility index (Phi) is 3.28. The van der Waals surface area contributed by atoms with Crippen molar-refractivity contribution in [3.8, 4) is 0 Å². The van der Waals surface area contributed by atoms with E-state index in [-0.39, 0.29) is 5.41 Å². The summed E-state index contributed by atoms with van der Waals surface area (Å²) in [5.74, 6) is 1.24. The fraction of sp³-hybridized carbons (Fsp3) is 0.750. The van der Waals surface area contributed by atoms with Gasteiger partial charge in [0.1, 0.15) is 5.01 Å². The second kappa shape index (κ2) is 4.81. The van der Waals surface area contributed by atoms with E-state index in [1.807, 2.05) is 4.52 Å². The molecular weight excluding hydrogens is 262 g/mol. The first-order valence-electron chi connectivity index (χ1n) is 6.68. The molecule has 0 saturated carbocycles. The van der Waals surface area contributed by atoms with Gasteiger partial charge in [-0.2, -0.15) is 9.61 Å². The van der Waals surface area contributed by atoms with E-state index in [1.54, 1.807) is 11.3 Å². The number of aromatic nitrogens is 4. The van der Waals surface area contributed by atoms with Crippen LogP contribution in [0, 0.1) is 0 Å². The maximum Gasteiger partial charge on any atom is 0.234 e. The lowest BCUT2D eigenvalue weighted by Gasteiger charge is -2.22. The molecule has 6 nitrogen and oxygen atoms in total. The van der Waals surface area contributed by atoms with Crippen LogP contribution >= 0.6 is 11.3 Å². The molecule has 0 radical (unpaired) electrons. The van der Waals surface area contributed by atoms with Crippen LogP contribution in [0.25, 0.3) is 4.96 Å². The predicted octanol–water partition coefficient (Wildman–Crippen LogP) is 1.32. The van der Waals surface area contributed by atoms with E-state index in [9.17, 15) is 0 Å². The van der Waals surface area contributed by atoms with Crippen LogP contribution in [-0.4, -0.2) is 39.6 Å². The monoisotopic (exact) mass is 281 g/mol. The van der Waals surface area contributed by atoms with Crippen LogP contribution in [0.4, 0.5) is 0 Å². The molecule has 1 aliphatic rings. The Balaban J connectivity index is 2.02. The summed E-state index contributed by atoms with van der Waals surface area (Å²) in [6.07, 6.45) is 1.96. The zero-order chi connectivity index (χ0) is 13.5. The lowest BCUT2D eigenvalue weighted by atomic mass is 9.89. The summed E-state index contributed by atoms with van der Waals surface area (Å²) < 4.78 is 7.30. The average Bonchev–Trinajstić information content (AvgIpc) is 3.12. The fourth-order valence-electron chi connectivity index (χ4n) is 2.25. The van der Waals surface area contributed by atoms with Gasteiger partial charge in [-0.05, 0) is 12.8 Å². The molecule has 1 fully saturated rings. The molecule has 2 unspecified atom stereocenters. The Morgan fingerprint density at radius 2 is 2.37 bits per heavy atom. The lowest BCUT2D eigenvalue weighted by Crippen LogP contribution is -2.31. The van der Waals surface area contributed by atoms with Gasteiger partial charge in [0.05, 0.1) is 6.61 Å². The first kappa shape index (κ1) is 13.0. The molecule has 0 aliphatic carbocycles. The molecule has 3 heterocycles. The molecule has 2 aromatic rings. The first-order valence-corrected chi connectivity index (χ1v) is 7.50. The number of nitrogens with zero attached hydrogens (tertiary/aromatic N) is 4. The molecule has 2 atom stereocenters. The minimum atomic E-state index is -0.0746. The molecule has 104 valence electrons. The Hall–Kier alpha value is -1.05. The van der Waals surface area contributed by atoms with Gasteiger partial charge in [0, 0.05) is 24.5 Å². The molecule has 1 saturated heterocycles. The van der Waals surface area contributed by atoms with Gasteiger partial charge in [-0.25, -0.2) is 0 Å². The van der Waals surface area contributed by atoms with E-state index in [0.717, 1.165) is 41.8 Å². The van der Waals surface area contributed by atoms with Crippen molar-refractivity contribution in [2.75, 3.05) is 19.8 Å². The predicted molar refractivity (Wildman–Crippen MR) is 73.5 cm³/mol. The minimum absolute atomic E-state index is 0.0746. The highest BCUT2D eigenvalue weighted by Crippen LogP contribution is 2.32. The lowest BCUT2D eigenvalue weighted by molar-refractivity contribution is 0.193. The van der Waals surface area contributed by atoms with Crippen LogP contribution in [-0.2, 0) is 10.2 Å². The Morgan fingerprint density at radius 3 is 3.00 bits per heavy atom. The van der Waals surface area contributed by atoms with Gasteiger partial charge in [0.15, 0.2) is 5.82 Å². The highest BCUT2D eigenvalue weighted by Gasteiger charge is 2.30. The largest absolute Gasteiger partial charge is 0.381 e. The summed E-state index contributed by atoms with van der Waals surface area (Å²) in [6.45, 7) is 6.40. The highest BCUT2D eigenvalue weighted by atomic mass is 32.1. The van der Waals surface area contributed by atoms with E-state index in [0.29, 0.717) is 12.5 Å². The van der Waals surface area contributed by atoms with Crippen LogP contribution < -0.4 is 5.73 Å². The van der Waals surface area contributed by atoms with Gasteiger partial charge >= 0.3 is 0 Å². The Labute approximate surface area is 116 Å². The third-order valence-corrected chi connectivity index (χ3v) is 5.26. The maximum absolute atomic E-state index is 5.90. The molecule has 0 aromatic carbocycles. The number of hydrogen-bond acceptors (Lipinski definition) is 6. The molecule has 19 heavy (non-hydrogen) atoms. The maximum atomic E-state index is 5.90. The summed E-state index contributed by atoms with van der Waals surface area (Å²) in [5, 5.41) is 14.3. The molecule has 7 heteroatoms. The zero-order valence-corrected chi connectivity index (χ0v) is 12.1.